The molecule has 1 unspecified atom stereocenters. The predicted molar refractivity (Wildman–Crippen MR) is 49.6 cm³/mol. The molecule has 0 rings (SSSR count). The maximum absolute atomic E-state index is 10.5. The Morgan fingerprint density at radius 3 is 2.40 bits per heavy atom. The maximum Gasteiger partial charge on any atom is 0.333 e. The van der Waals surface area contributed by atoms with Crippen molar-refractivity contribution in [2.45, 2.75) is 12.5 Å². The van der Waals surface area contributed by atoms with E-state index in [0.29, 0.717) is 13.1 Å². The first-order valence-electron chi connectivity index (χ1n) is 4.45. The Morgan fingerprint density at radius 1 is 1.27 bits per heavy atom. The second-order valence-corrected chi connectivity index (χ2v) is 2.77. The van der Waals surface area contributed by atoms with Crippen LogP contribution in [0.5, 0.6) is 0 Å². The third-order valence-electron chi connectivity index (χ3n) is 1.52. The molecule has 0 aliphatic rings. The summed E-state index contributed by atoms with van der Waals surface area (Å²) >= 11 is 0. The van der Waals surface area contributed by atoms with Gasteiger partial charge in [-0.15, -0.1) is 0 Å². The fourth-order valence-corrected chi connectivity index (χ4v) is 0.854. The third-order valence-corrected chi connectivity index (χ3v) is 1.52. The lowest BCUT2D eigenvalue weighted by atomic mass is 10.2. The van der Waals surface area contributed by atoms with Gasteiger partial charge >= 0.3 is 11.9 Å². The number of aliphatic hydroxyl groups is 1. The molecule has 0 aromatic rings. The molecule has 15 heavy (non-hydrogen) atoms. The number of carboxylic acids is 2. The molecule has 88 valence electrons. The molecule has 1 atom stereocenters. The zero-order chi connectivity index (χ0) is 11.7. The number of carbonyl (C=O) groups is 2. The van der Waals surface area contributed by atoms with Gasteiger partial charge in [-0.05, 0) is 0 Å². The average molecular weight is 221 g/mol. The van der Waals surface area contributed by atoms with Gasteiger partial charge in [0.25, 0.3) is 0 Å². The minimum absolute atomic E-state index is 0.0164. The Bertz CT molecular complexity index is 207. The quantitative estimate of drug-likeness (QED) is 0.350. The average Bonchev–Trinajstić information content (AvgIpc) is 2.15. The summed E-state index contributed by atoms with van der Waals surface area (Å²) in [5.74, 6) is -2.51. The van der Waals surface area contributed by atoms with Crippen LogP contribution in [0.1, 0.15) is 6.42 Å². The largest absolute Gasteiger partial charge is 0.481 e. The van der Waals surface area contributed by atoms with Gasteiger partial charge in [-0.2, -0.15) is 0 Å². The van der Waals surface area contributed by atoms with Crippen molar-refractivity contribution in [3.05, 3.63) is 0 Å². The van der Waals surface area contributed by atoms with E-state index in [0.717, 1.165) is 0 Å². The molecule has 0 heterocycles. The first-order chi connectivity index (χ1) is 7.07. The second-order valence-electron chi connectivity index (χ2n) is 2.77. The van der Waals surface area contributed by atoms with Crippen molar-refractivity contribution in [1.29, 1.82) is 0 Å². The molecule has 7 nitrogen and oxygen atoms in total. The highest BCUT2D eigenvalue weighted by atomic mass is 16.5. The highest BCUT2D eigenvalue weighted by molar-refractivity contribution is 5.79. The molecule has 0 aromatic carbocycles. The Morgan fingerprint density at radius 2 is 1.93 bits per heavy atom. The number of carboxylic acid groups (broad SMARTS) is 2. The molecule has 0 bridgehead atoms. The Balaban J connectivity index is 3.67. The highest BCUT2D eigenvalue weighted by Gasteiger charge is 2.21. The molecule has 0 aliphatic carbocycles. The molecule has 0 saturated heterocycles. The zero-order valence-electron chi connectivity index (χ0n) is 8.18. The van der Waals surface area contributed by atoms with Crippen molar-refractivity contribution in [3.63, 3.8) is 0 Å². The Labute approximate surface area is 86.7 Å². The Kier molecular flexibility index (Phi) is 7.51. The summed E-state index contributed by atoms with van der Waals surface area (Å²) in [5, 5.41) is 28.1. The van der Waals surface area contributed by atoms with Crippen molar-refractivity contribution in [2.24, 2.45) is 0 Å². The molecule has 0 amide bonds. The summed E-state index contributed by atoms with van der Waals surface area (Å²) in [4.78, 5) is 20.8. The van der Waals surface area contributed by atoms with Gasteiger partial charge in [-0.1, -0.05) is 0 Å². The molecule has 0 aromatic heterocycles. The van der Waals surface area contributed by atoms with Crippen LogP contribution in [-0.4, -0.2) is 59.7 Å². The molecule has 7 heteroatoms. The summed E-state index contributed by atoms with van der Waals surface area (Å²) in [5.41, 5.74) is 0. The van der Waals surface area contributed by atoms with E-state index in [1.807, 2.05) is 0 Å². The molecule has 0 spiro atoms. The van der Waals surface area contributed by atoms with Crippen LogP contribution in [0, 0.1) is 0 Å². The van der Waals surface area contributed by atoms with Gasteiger partial charge in [0.2, 0.25) is 0 Å². The van der Waals surface area contributed by atoms with Gasteiger partial charge < -0.3 is 25.4 Å². The van der Waals surface area contributed by atoms with Crippen LogP contribution in [0.3, 0.4) is 0 Å². The Hall–Kier alpha value is -1.18. The number of aliphatic hydroxyl groups excluding tert-OH is 1. The number of hydrogen-bond acceptors (Lipinski definition) is 5. The van der Waals surface area contributed by atoms with E-state index in [1.54, 1.807) is 0 Å². The van der Waals surface area contributed by atoms with Crippen molar-refractivity contribution < 1.29 is 29.6 Å². The summed E-state index contributed by atoms with van der Waals surface area (Å²) in [6.45, 7) is 0.825. The van der Waals surface area contributed by atoms with E-state index in [-0.39, 0.29) is 13.2 Å². The van der Waals surface area contributed by atoms with Crippen LogP contribution in [0.25, 0.3) is 0 Å². The van der Waals surface area contributed by atoms with E-state index >= 15 is 0 Å². The van der Waals surface area contributed by atoms with Gasteiger partial charge in [0.1, 0.15) is 0 Å². The monoisotopic (exact) mass is 221 g/mol. The van der Waals surface area contributed by atoms with Gasteiger partial charge in [0, 0.05) is 13.1 Å². The number of rotatable bonds is 9. The first-order valence-corrected chi connectivity index (χ1v) is 4.45. The van der Waals surface area contributed by atoms with E-state index in [2.05, 4.69) is 5.32 Å². The molecule has 0 radical (unpaired) electrons. The zero-order valence-corrected chi connectivity index (χ0v) is 8.18. The van der Waals surface area contributed by atoms with E-state index in [9.17, 15) is 9.59 Å². The summed E-state index contributed by atoms with van der Waals surface area (Å²) in [6.07, 6.45) is -1.88. The van der Waals surface area contributed by atoms with Crippen LogP contribution in [0.15, 0.2) is 0 Å². The molecular weight excluding hydrogens is 206 g/mol. The van der Waals surface area contributed by atoms with Crippen molar-refractivity contribution in [3.8, 4) is 0 Å². The normalized spacial score (nSPS) is 12.3. The number of aliphatic carboxylic acids is 2. The van der Waals surface area contributed by atoms with Crippen LogP contribution in [0.4, 0.5) is 0 Å². The molecular formula is C8H15NO6. The highest BCUT2D eigenvalue weighted by Crippen LogP contribution is 1.98. The first kappa shape index (κ1) is 13.8. The van der Waals surface area contributed by atoms with Crippen molar-refractivity contribution >= 4 is 11.9 Å². The van der Waals surface area contributed by atoms with Gasteiger partial charge in [-0.25, -0.2) is 4.79 Å². The fraction of sp³-hybridized carbons (Fsp3) is 0.750. The smallest absolute Gasteiger partial charge is 0.333 e. The van der Waals surface area contributed by atoms with E-state index in [1.165, 1.54) is 0 Å². The van der Waals surface area contributed by atoms with Crippen LogP contribution in [-0.2, 0) is 14.3 Å². The third kappa shape index (κ3) is 7.86. The van der Waals surface area contributed by atoms with E-state index < -0.39 is 24.5 Å². The van der Waals surface area contributed by atoms with Crippen LogP contribution in [0.2, 0.25) is 0 Å². The second kappa shape index (κ2) is 8.16. The van der Waals surface area contributed by atoms with E-state index in [4.69, 9.17) is 20.1 Å². The fourth-order valence-electron chi connectivity index (χ4n) is 0.854. The minimum atomic E-state index is -1.32. The maximum atomic E-state index is 10.5. The minimum Gasteiger partial charge on any atom is -0.481 e. The van der Waals surface area contributed by atoms with Crippen LogP contribution >= 0.6 is 0 Å². The van der Waals surface area contributed by atoms with Gasteiger partial charge in [0.15, 0.2) is 6.10 Å². The summed E-state index contributed by atoms with van der Waals surface area (Å²) in [6, 6.07) is 0. The van der Waals surface area contributed by atoms with Gasteiger partial charge in [0.05, 0.1) is 19.6 Å². The lowest BCUT2D eigenvalue weighted by molar-refractivity contribution is -0.156. The van der Waals surface area contributed by atoms with Crippen molar-refractivity contribution in [2.75, 3.05) is 26.3 Å². The topological polar surface area (TPSA) is 116 Å². The van der Waals surface area contributed by atoms with Gasteiger partial charge in [-0.3, -0.25) is 4.79 Å². The molecule has 0 saturated carbocycles. The lowest BCUT2D eigenvalue weighted by Crippen LogP contribution is -2.31. The molecule has 0 fully saturated rings. The standard InChI is InChI=1S/C8H15NO6/c10-3-1-9-2-4-15-6(8(13)14)5-7(11)12/h6,9-10H,1-5H2,(H,11,12)(H,13,14). The van der Waals surface area contributed by atoms with Crippen LogP contribution < -0.4 is 5.32 Å². The molecule has 0 aliphatic heterocycles. The number of ether oxygens (including phenoxy) is 1. The summed E-state index contributed by atoms with van der Waals surface area (Å²) in [7, 11) is 0. The summed E-state index contributed by atoms with van der Waals surface area (Å²) < 4.78 is 4.84. The predicted octanol–water partition coefficient (Wildman–Crippen LogP) is -1.49. The number of hydrogen-bond donors (Lipinski definition) is 4. The SMILES string of the molecule is O=C(O)CC(OCCNCCO)C(=O)O. The molecule has 4 N–H and O–H groups in total. The van der Waals surface area contributed by atoms with Crippen molar-refractivity contribution in [1.82, 2.24) is 5.32 Å². The lowest BCUT2D eigenvalue weighted by Gasteiger charge is -2.11. The number of nitrogens with one attached hydrogen (secondary N) is 1.